The molecule has 7 rings (SSSR count). The summed E-state index contributed by atoms with van der Waals surface area (Å²) in [7, 11) is 0. The number of hydrogen-bond acceptors (Lipinski definition) is 18. The predicted molar refractivity (Wildman–Crippen MR) is 351 cm³/mol. The molecule has 2 bridgehead atoms. The summed E-state index contributed by atoms with van der Waals surface area (Å²) >= 11 is 5.91. The number of ketones is 2. The average Bonchev–Trinajstić information content (AvgIpc) is 0.674. The molecule has 6 amide bonds. The Labute approximate surface area is 563 Å². The van der Waals surface area contributed by atoms with Crippen molar-refractivity contribution in [2.75, 3.05) is 6.54 Å². The zero-order valence-electron chi connectivity index (χ0n) is 55.8. The van der Waals surface area contributed by atoms with Crippen LogP contribution in [0.25, 0.3) is 6.08 Å². The summed E-state index contributed by atoms with van der Waals surface area (Å²) in [5, 5.41) is 49.3. The number of fused-ring (bicyclic) bond motifs is 5. The van der Waals surface area contributed by atoms with Crippen molar-refractivity contribution < 1.29 is 87.0 Å². The van der Waals surface area contributed by atoms with Gasteiger partial charge in [0.2, 0.25) is 35.6 Å². The molecule has 0 spiro atoms. The zero-order chi connectivity index (χ0) is 70.8. The van der Waals surface area contributed by atoms with E-state index in [1.807, 2.05) is 6.92 Å². The highest BCUT2D eigenvalue weighted by atomic mass is 35.5. The maximum absolute atomic E-state index is 15.3. The van der Waals surface area contributed by atoms with Crippen molar-refractivity contribution in [1.29, 1.82) is 0 Å². The molecule has 3 aromatic rings. The lowest BCUT2D eigenvalue weighted by molar-refractivity contribution is -0.266. The number of Topliss-reactive ketones (excluding diaryl/α,β-unsaturated/α-hetero) is 2. The van der Waals surface area contributed by atoms with E-state index in [-0.39, 0.29) is 79.7 Å². The normalized spacial score (nSPS) is 25.8. The number of carbonyl (C=O) groups is 11. The van der Waals surface area contributed by atoms with E-state index in [0.29, 0.717) is 23.4 Å². The number of rotatable bonds is 28. The molecule has 3 aromatic carbocycles. The maximum atomic E-state index is 15.3. The van der Waals surface area contributed by atoms with E-state index >= 15 is 9.59 Å². The number of nitrogens with two attached hydrogens (primary N) is 2. The van der Waals surface area contributed by atoms with Crippen LogP contribution in [0, 0.1) is 34.0 Å². The Bertz CT molecular complexity index is 3470. The second kappa shape index (κ2) is 31.3. The van der Waals surface area contributed by atoms with Gasteiger partial charge in [-0.2, -0.15) is 0 Å². The molecule has 11 N–H and O–H groups in total. The molecule has 520 valence electrons. The summed E-state index contributed by atoms with van der Waals surface area (Å²) in [6.07, 6.45) is -7.14. The second-order valence-electron chi connectivity index (χ2n) is 27.7. The minimum absolute atomic E-state index is 0.0381. The molecule has 24 nitrogen and oxygen atoms in total. The number of alkyl carbamates (subject to hydrolysis) is 1. The SMILES string of the molecule is CC1=C2[C@@H](O)C(=O)[C@@]3(C)[C@H]([C@H](OC(=O)c4ccccc4)[C@](O)(C[C@@H]1OC(=O)[C@H](OC(=O)CCC(=O)NCCCCC(NC(=O)CC[C@H](CC(=O)C(C)NC(=O)/C=C/c1ccc(Cl)cc1)C(N)=O)C(N)=O)[C@@H](NC(=O)OC(C)(C)C)c1ccccc1)C2(C)C)[C@]1(C)CC[C@@H]1C[C@@H]3O. The van der Waals surface area contributed by atoms with Crippen LogP contribution in [-0.4, -0.2) is 141 Å². The molecule has 14 atom stereocenters. The molecular formula is C71H91ClN6O18. The Kier molecular flexibility index (Phi) is 24.4. The molecule has 0 saturated heterocycles. The molecule has 2 unspecified atom stereocenters. The topological polar surface area (TPSA) is 386 Å². The molecular weight excluding hydrogens is 1260 g/mol. The van der Waals surface area contributed by atoms with Crippen LogP contribution < -0.4 is 32.7 Å². The molecule has 4 aliphatic carbocycles. The summed E-state index contributed by atoms with van der Waals surface area (Å²) < 4.78 is 24.4. The van der Waals surface area contributed by atoms with Crippen molar-refractivity contribution in [3.8, 4) is 0 Å². The number of ether oxygens (including phenoxy) is 4. The van der Waals surface area contributed by atoms with Gasteiger partial charge >= 0.3 is 24.0 Å². The number of nitrogens with one attached hydrogen (secondary N) is 4. The van der Waals surface area contributed by atoms with E-state index in [1.165, 1.54) is 38.1 Å². The number of hydrogen-bond donors (Lipinski definition) is 9. The Balaban J connectivity index is 1.02. The Morgan fingerprint density at radius 1 is 0.792 bits per heavy atom. The highest BCUT2D eigenvalue weighted by molar-refractivity contribution is 6.30. The van der Waals surface area contributed by atoms with Gasteiger partial charge in [-0.05, 0) is 150 Å². The summed E-state index contributed by atoms with van der Waals surface area (Å²) in [6.45, 7) is 14.5. The first-order chi connectivity index (χ1) is 45.0. The van der Waals surface area contributed by atoms with E-state index in [4.69, 9.17) is 42.0 Å². The van der Waals surface area contributed by atoms with Gasteiger partial charge in [-0.25, -0.2) is 14.4 Å². The Hall–Kier alpha value is -8.32. The smallest absolute Gasteiger partial charge is 0.408 e. The van der Waals surface area contributed by atoms with E-state index < -0.39 is 172 Å². The first kappa shape index (κ1) is 75.1. The predicted octanol–water partition coefficient (Wildman–Crippen LogP) is 6.28. The molecule has 96 heavy (non-hydrogen) atoms. The molecule has 0 heterocycles. The van der Waals surface area contributed by atoms with E-state index in [1.54, 1.807) is 114 Å². The number of aliphatic hydroxyl groups excluding tert-OH is 2. The highest BCUT2D eigenvalue weighted by Crippen LogP contribution is 2.69. The fourth-order valence-corrected chi connectivity index (χ4v) is 14.3. The maximum Gasteiger partial charge on any atom is 0.408 e. The molecule has 25 heteroatoms. The van der Waals surface area contributed by atoms with E-state index in [9.17, 15) is 58.5 Å². The third-order valence-electron chi connectivity index (χ3n) is 19.8. The lowest BCUT2D eigenvalue weighted by Gasteiger charge is -2.68. The molecule has 3 saturated carbocycles. The summed E-state index contributed by atoms with van der Waals surface area (Å²) in [5.74, 6) is -10.4. The largest absolute Gasteiger partial charge is 0.455 e. The van der Waals surface area contributed by atoms with Gasteiger partial charge in [0, 0.05) is 60.6 Å². The van der Waals surface area contributed by atoms with Crippen molar-refractivity contribution >= 4 is 82.8 Å². The van der Waals surface area contributed by atoms with Gasteiger partial charge in [-0.15, -0.1) is 0 Å². The molecule has 4 aliphatic rings. The molecule has 3 fully saturated rings. The summed E-state index contributed by atoms with van der Waals surface area (Å²) in [6, 6.07) is 19.0. The number of aliphatic hydroxyl groups is 3. The number of unbranched alkanes of at least 4 members (excludes halogenated alkanes) is 1. The Morgan fingerprint density at radius 3 is 2.04 bits per heavy atom. The summed E-state index contributed by atoms with van der Waals surface area (Å²) in [5.41, 5.74) is 4.83. The van der Waals surface area contributed by atoms with Crippen LogP contribution in [0.1, 0.15) is 167 Å². The number of carbonyl (C=O) groups excluding carboxylic acids is 11. The van der Waals surface area contributed by atoms with Crippen LogP contribution in [0.5, 0.6) is 0 Å². The number of benzene rings is 3. The number of halogens is 1. The van der Waals surface area contributed by atoms with Crippen molar-refractivity contribution in [3.05, 3.63) is 124 Å². The number of amides is 6. The van der Waals surface area contributed by atoms with Gasteiger partial charge in [0.25, 0.3) is 0 Å². The fourth-order valence-electron chi connectivity index (χ4n) is 14.2. The van der Waals surface area contributed by atoms with Gasteiger partial charge in [0.05, 0.1) is 29.5 Å². The van der Waals surface area contributed by atoms with Crippen molar-refractivity contribution in [2.24, 2.45) is 45.5 Å². The second-order valence-corrected chi connectivity index (χ2v) is 28.2. The third kappa shape index (κ3) is 17.4. The quantitative estimate of drug-likeness (QED) is 0.0127. The lowest BCUT2D eigenvalue weighted by Crippen LogP contribution is -2.75. The van der Waals surface area contributed by atoms with Gasteiger partial charge in [-0.3, -0.25) is 38.4 Å². The van der Waals surface area contributed by atoms with Crippen LogP contribution in [0.3, 0.4) is 0 Å². The minimum Gasteiger partial charge on any atom is -0.455 e. The number of primary amides is 2. The first-order valence-electron chi connectivity index (χ1n) is 32.5. The third-order valence-corrected chi connectivity index (χ3v) is 20.1. The minimum atomic E-state index is -2.27. The van der Waals surface area contributed by atoms with E-state index in [2.05, 4.69) is 21.3 Å². The van der Waals surface area contributed by atoms with Crippen LogP contribution in [-0.2, 0) is 62.1 Å². The van der Waals surface area contributed by atoms with Gasteiger partial charge in [0.15, 0.2) is 11.6 Å². The van der Waals surface area contributed by atoms with Crippen molar-refractivity contribution in [1.82, 2.24) is 21.3 Å². The van der Waals surface area contributed by atoms with Crippen LogP contribution in [0.15, 0.2) is 102 Å². The standard InChI is InChI=1S/C71H91ClN6O18/c1-39-49(38-71(92)61(95-64(89)43-20-14-11-15-21-43)59-69(8)34-33-45(69)37-50(80)70(59,9)60(86)57(85)55(39)68(71,6)7)93-65(90)58(56(42-18-12-10-13-19-42)78-66(91)96-67(3,4)5)94-54(84)32-31-51(81)75-35-17-16-22-47(63(74)88)77-53(83)30-26-44(62(73)87)36-48(79)40(2)76-52(82)29-25-41-23-27-46(72)28-24-41/h10-15,18-21,23-25,27-29,40,44-45,47,49-50,56-59,61,80,85,92H,16-17,22,26,30-38H2,1-9H3,(H2,73,87)(H2,74,88)(H,75,81)(H,76,82)(H,77,83)(H,78,91)/b29-25+/t40?,44-,45-,47?,49+,50+,56+,57-,58-,59-,61+,69-,70-,71-/m1/s1. The van der Waals surface area contributed by atoms with Crippen LogP contribution in [0.4, 0.5) is 4.79 Å². The highest BCUT2D eigenvalue weighted by Gasteiger charge is 2.74. The fraction of sp³-hybridized carbons (Fsp3) is 0.535. The monoisotopic (exact) mass is 1350 g/mol. The van der Waals surface area contributed by atoms with Crippen molar-refractivity contribution in [3.63, 3.8) is 0 Å². The Morgan fingerprint density at radius 2 is 1.44 bits per heavy atom. The first-order valence-corrected chi connectivity index (χ1v) is 32.9. The van der Waals surface area contributed by atoms with Gasteiger partial charge < -0.3 is 67.0 Å². The van der Waals surface area contributed by atoms with Gasteiger partial charge in [0.1, 0.15) is 41.6 Å². The van der Waals surface area contributed by atoms with Crippen LogP contribution >= 0.6 is 11.6 Å². The average molecular weight is 1350 g/mol. The lowest BCUT2D eigenvalue weighted by atomic mass is 9.37. The molecule has 0 aromatic heterocycles. The van der Waals surface area contributed by atoms with Gasteiger partial charge in [-0.1, -0.05) is 93.0 Å². The summed E-state index contributed by atoms with van der Waals surface area (Å²) in [4.78, 5) is 149. The molecule has 0 aliphatic heterocycles. The van der Waals surface area contributed by atoms with E-state index in [0.717, 1.165) is 0 Å². The van der Waals surface area contributed by atoms with Crippen LogP contribution in [0.2, 0.25) is 5.02 Å². The zero-order valence-corrected chi connectivity index (χ0v) is 56.5. The number of esters is 3. The van der Waals surface area contributed by atoms with Crippen molar-refractivity contribution in [2.45, 2.75) is 199 Å². The molecule has 0 radical (unpaired) electrons.